The van der Waals surface area contributed by atoms with Gasteiger partial charge in [-0.2, -0.15) is 0 Å². The normalized spacial score (nSPS) is 21.6. The number of amides is 1. The molecule has 20 heavy (non-hydrogen) atoms. The SMILES string of the molecule is CS(=O)(=O)c1cccc(C(=O)N[C@H]2CCS(=O)(=O)C2)c1. The zero-order chi connectivity index (χ0) is 15.0. The first-order valence-electron chi connectivity index (χ1n) is 5.99. The lowest BCUT2D eigenvalue weighted by atomic mass is 10.2. The highest BCUT2D eigenvalue weighted by molar-refractivity contribution is 7.91. The Morgan fingerprint density at radius 3 is 2.60 bits per heavy atom. The molecule has 0 aliphatic carbocycles. The van der Waals surface area contributed by atoms with Gasteiger partial charge >= 0.3 is 0 Å². The first-order valence-corrected chi connectivity index (χ1v) is 9.70. The highest BCUT2D eigenvalue weighted by atomic mass is 32.2. The van der Waals surface area contributed by atoms with Crippen LogP contribution in [0.25, 0.3) is 0 Å². The largest absolute Gasteiger partial charge is 0.348 e. The number of hydrogen-bond donors (Lipinski definition) is 1. The maximum absolute atomic E-state index is 12.0. The molecule has 1 aliphatic heterocycles. The van der Waals surface area contributed by atoms with Crippen molar-refractivity contribution in [2.75, 3.05) is 17.8 Å². The van der Waals surface area contributed by atoms with Crippen molar-refractivity contribution in [3.05, 3.63) is 29.8 Å². The second-order valence-corrected chi connectivity index (χ2v) is 9.12. The van der Waals surface area contributed by atoms with Crippen LogP contribution in [0.1, 0.15) is 16.8 Å². The number of hydrogen-bond acceptors (Lipinski definition) is 5. The lowest BCUT2D eigenvalue weighted by molar-refractivity contribution is 0.0941. The summed E-state index contributed by atoms with van der Waals surface area (Å²) in [5.41, 5.74) is 0.206. The zero-order valence-electron chi connectivity index (χ0n) is 10.9. The van der Waals surface area contributed by atoms with Crippen LogP contribution in [0.4, 0.5) is 0 Å². The fraction of sp³-hybridized carbons (Fsp3) is 0.417. The van der Waals surface area contributed by atoms with E-state index in [1.807, 2.05) is 0 Å². The van der Waals surface area contributed by atoms with Gasteiger partial charge in [0.1, 0.15) is 0 Å². The van der Waals surface area contributed by atoms with Crippen molar-refractivity contribution >= 4 is 25.6 Å². The molecular formula is C12H15NO5S2. The molecule has 0 spiro atoms. The van der Waals surface area contributed by atoms with Crippen molar-refractivity contribution < 1.29 is 21.6 Å². The van der Waals surface area contributed by atoms with E-state index < -0.39 is 31.6 Å². The number of carbonyl (C=O) groups excluding carboxylic acids is 1. The average molecular weight is 317 g/mol. The highest BCUT2D eigenvalue weighted by Gasteiger charge is 2.29. The van der Waals surface area contributed by atoms with E-state index in [1.165, 1.54) is 24.3 Å². The maximum atomic E-state index is 12.0. The molecule has 0 aromatic heterocycles. The molecule has 1 saturated heterocycles. The fourth-order valence-corrected chi connectivity index (χ4v) is 4.39. The lowest BCUT2D eigenvalue weighted by Crippen LogP contribution is -2.35. The first-order chi connectivity index (χ1) is 9.17. The Morgan fingerprint density at radius 1 is 1.35 bits per heavy atom. The summed E-state index contributed by atoms with van der Waals surface area (Å²) in [6, 6.07) is 5.26. The number of sulfone groups is 2. The lowest BCUT2D eigenvalue weighted by Gasteiger charge is -2.11. The third-order valence-corrected chi connectivity index (χ3v) is 5.97. The van der Waals surface area contributed by atoms with Gasteiger partial charge < -0.3 is 5.32 Å². The molecule has 1 aromatic rings. The Morgan fingerprint density at radius 2 is 2.05 bits per heavy atom. The number of nitrogens with one attached hydrogen (secondary N) is 1. The molecule has 1 aromatic carbocycles. The van der Waals surface area contributed by atoms with Crippen molar-refractivity contribution in [1.82, 2.24) is 5.32 Å². The van der Waals surface area contributed by atoms with Crippen LogP contribution < -0.4 is 5.32 Å². The van der Waals surface area contributed by atoms with Crippen LogP contribution in [0.3, 0.4) is 0 Å². The monoisotopic (exact) mass is 317 g/mol. The molecule has 1 aliphatic rings. The van der Waals surface area contributed by atoms with Crippen LogP contribution in [-0.2, 0) is 19.7 Å². The molecule has 1 atom stereocenters. The summed E-state index contributed by atoms with van der Waals surface area (Å²) in [6.07, 6.45) is 1.45. The van der Waals surface area contributed by atoms with Crippen molar-refractivity contribution in [3.63, 3.8) is 0 Å². The zero-order valence-corrected chi connectivity index (χ0v) is 12.5. The Hall–Kier alpha value is -1.41. The minimum absolute atomic E-state index is 0.0594. The van der Waals surface area contributed by atoms with Gasteiger partial charge in [0.15, 0.2) is 19.7 Å². The van der Waals surface area contributed by atoms with E-state index in [0.29, 0.717) is 6.42 Å². The molecule has 6 nitrogen and oxygen atoms in total. The summed E-state index contributed by atoms with van der Waals surface area (Å²) >= 11 is 0. The van der Waals surface area contributed by atoms with Crippen LogP contribution in [0.2, 0.25) is 0 Å². The molecule has 1 heterocycles. The first kappa shape index (κ1) is 15.0. The summed E-state index contributed by atoms with van der Waals surface area (Å²) in [6.45, 7) is 0. The van der Waals surface area contributed by atoms with Crippen LogP contribution in [0.5, 0.6) is 0 Å². The minimum Gasteiger partial charge on any atom is -0.348 e. The number of rotatable bonds is 3. The summed E-state index contributed by atoms with van der Waals surface area (Å²) in [4.78, 5) is 12.0. The van der Waals surface area contributed by atoms with Crippen molar-refractivity contribution in [3.8, 4) is 0 Å². The van der Waals surface area contributed by atoms with E-state index in [4.69, 9.17) is 0 Å². The molecule has 1 fully saturated rings. The minimum atomic E-state index is -3.38. The van der Waals surface area contributed by atoms with Crippen LogP contribution in [0.15, 0.2) is 29.2 Å². The van der Waals surface area contributed by atoms with Crippen LogP contribution >= 0.6 is 0 Å². The molecule has 110 valence electrons. The Kier molecular flexibility index (Phi) is 3.88. The molecule has 0 unspecified atom stereocenters. The Bertz CT molecular complexity index is 737. The van der Waals surface area contributed by atoms with E-state index in [0.717, 1.165) is 6.26 Å². The molecule has 0 radical (unpaired) electrons. The van der Waals surface area contributed by atoms with Gasteiger partial charge in [-0.25, -0.2) is 16.8 Å². The van der Waals surface area contributed by atoms with E-state index in [1.54, 1.807) is 0 Å². The average Bonchev–Trinajstić information content (AvgIpc) is 2.68. The molecule has 0 saturated carbocycles. The smallest absolute Gasteiger partial charge is 0.251 e. The maximum Gasteiger partial charge on any atom is 0.251 e. The number of benzene rings is 1. The van der Waals surface area contributed by atoms with Gasteiger partial charge in [-0.15, -0.1) is 0 Å². The van der Waals surface area contributed by atoms with Gasteiger partial charge in [0.05, 0.1) is 16.4 Å². The molecule has 8 heteroatoms. The van der Waals surface area contributed by atoms with Gasteiger partial charge in [0.25, 0.3) is 5.91 Å². The predicted molar refractivity (Wildman–Crippen MR) is 74.1 cm³/mol. The summed E-state index contributed by atoms with van der Waals surface area (Å²) < 4.78 is 45.5. The second kappa shape index (κ2) is 5.17. The third kappa shape index (κ3) is 3.57. The molecule has 1 N–H and O–H groups in total. The van der Waals surface area contributed by atoms with Crippen molar-refractivity contribution in [2.24, 2.45) is 0 Å². The van der Waals surface area contributed by atoms with E-state index in [2.05, 4.69) is 5.32 Å². The summed E-state index contributed by atoms with van der Waals surface area (Å²) in [7, 11) is -6.45. The van der Waals surface area contributed by atoms with Crippen molar-refractivity contribution in [1.29, 1.82) is 0 Å². The molecular weight excluding hydrogens is 302 g/mol. The van der Waals surface area contributed by atoms with Crippen molar-refractivity contribution in [2.45, 2.75) is 17.4 Å². The van der Waals surface area contributed by atoms with Gasteiger partial charge in [-0.05, 0) is 24.6 Å². The van der Waals surface area contributed by atoms with Gasteiger partial charge in [0, 0.05) is 17.9 Å². The molecule has 2 rings (SSSR count). The fourth-order valence-electron chi connectivity index (χ4n) is 2.05. The number of carbonyl (C=O) groups is 1. The van der Waals surface area contributed by atoms with Crippen LogP contribution in [-0.4, -0.2) is 46.5 Å². The summed E-state index contributed by atoms with van der Waals surface area (Å²) in [5, 5.41) is 2.62. The third-order valence-electron chi connectivity index (χ3n) is 3.09. The Balaban J connectivity index is 2.15. The molecule has 1 amide bonds. The molecule has 0 bridgehead atoms. The summed E-state index contributed by atoms with van der Waals surface area (Å²) in [5.74, 6) is -0.455. The van der Waals surface area contributed by atoms with Crippen LogP contribution in [0, 0.1) is 0 Å². The van der Waals surface area contributed by atoms with Gasteiger partial charge in [-0.3, -0.25) is 4.79 Å². The topological polar surface area (TPSA) is 97.4 Å². The predicted octanol–water partition coefficient (Wildman–Crippen LogP) is 0.00700. The van der Waals surface area contributed by atoms with E-state index in [9.17, 15) is 21.6 Å². The van der Waals surface area contributed by atoms with Gasteiger partial charge in [-0.1, -0.05) is 6.07 Å². The highest BCUT2D eigenvalue weighted by Crippen LogP contribution is 2.14. The van der Waals surface area contributed by atoms with E-state index in [-0.39, 0.29) is 22.0 Å². The quantitative estimate of drug-likeness (QED) is 0.847. The second-order valence-electron chi connectivity index (χ2n) is 4.87. The standard InChI is InChI=1S/C12H15NO5S2/c1-19(15,16)11-4-2-3-9(7-11)12(14)13-10-5-6-20(17,18)8-10/h2-4,7,10H,5-6,8H2,1H3,(H,13,14)/t10-/m0/s1. The van der Waals surface area contributed by atoms with Gasteiger partial charge in [0.2, 0.25) is 0 Å². The Labute approximate surface area is 118 Å². The van der Waals surface area contributed by atoms with E-state index >= 15 is 0 Å².